The topological polar surface area (TPSA) is 86.5 Å². The van der Waals surface area contributed by atoms with Crippen LogP contribution in [0.2, 0.25) is 0 Å². The fourth-order valence-electron chi connectivity index (χ4n) is 1.60. The molecule has 1 rings (SSSR count). The van der Waals surface area contributed by atoms with E-state index in [1.807, 2.05) is 13.0 Å². The third-order valence-corrected chi connectivity index (χ3v) is 2.74. The molecule has 0 aliphatic rings. The summed E-state index contributed by atoms with van der Waals surface area (Å²) in [5, 5.41) is 10.6. The lowest BCUT2D eigenvalue weighted by Crippen LogP contribution is -2.10. The number of nitro benzene ring substituents is 1. The molecule has 0 heterocycles. The van der Waals surface area contributed by atoms with Crippen molar-refractivity contribution in [3.63, 3.8) is 0 Å². The van der Waals surface area contributed by atoms with Crippen LogP contribution >= 0.6 is 0 Å². The van der Waals surface area contributed by atoms with Crippen LogP contribution in [0.3, 0.4) is 0 Å². The van der Waals surface area contributed by atoms with E-state index in [-0.39, 0.29) is 24.5 Å². The van der Waals surface area contributed by atoms with Gasteiger partial charge in [-0.1, -0.05) is 13.0 Å². The quantitative estimate of drug-likeness (QED) is 0.333. The number of carbonyl (C=O) groups is 2. The van der Waals surface area contributed by atoms with Crippen LogP contribution in [0.4, 0.5) is 5.69 Å². The molecule has 0 aliphatic heterocycles. The summed E-state index contributed by atoms with van der Waals surface area (Å²) >= 11 is 0. The van der Waals surface area contributed by atoms with E-state index in [4.69, 9.17) is 4.74 Å². The Hall–Kier alpha value is -2.50. The first-order valence-corrected chi connectivity index (χ1v) is 6.51. The Kier molecular flexibility index (Phi) is 6.26. The third-order valence-electron chi connectivity index (χ3n) is 2.74. The summed E-state index contributed by atoms with van der Waals surface area (Å²) < 4.78 is 5.00. The van der Waals surface area contributed by atoms with E-state index in [1.54, 1.807) is 12.1 Å². The van der Waals surface area contributed by atoms with Crippen molar-refractivity contribution < 1.29 is 19.2 Å². The standard InChI is InChI=1S/C15H17NO5/c1-3-12(10-21-15(18)8-11(2)17)9-13-4-6-14(7-5-13)16(19)20/h4-7,9H,3,8,10H2,1-2H3/b12-9+. The molecule has 0 radical (unpaired) electrons. The minimum atomic E-state index is -0.550. The molecule has 0 bridgehead atoms. The van der Waals surface area contributed by atoms with Gasteiger partial charge in [-0.3, -0.25) is 19.7 Å². The first kappa shape index (κ1) is 16.6. The van der Waals surface area contributed by atoms with Gasteiger partial charge in [-0.2, -0.15) is 0 Å². The number of ether oxygens (including phenoxy) is 1. The summed E-state index contributed by atoms with van der Waals surface area (Å²) in [4.78, 5) is 32.2. The molecular weight excluding hydrogens is 274 g/mol. The Morgan fingerprint density at radius 2 is 1.90 bits per heavy atom. The van der Waals surface area contributed by atoms with Crippen LogP contribution in [0.1, 0.15) is 32.3 Å². The highest BCUT2D eigenvalue weighted by Gasteiger charge is 2.08. The number of carbonyl (C=O) groups excluding carboxylic acids is 2. The minimum Gasteiger partial charge on any atom is -0.461 e. The maximum atomic E-state index is 11.3. The highest BCUT2D eigenvalue weighted by Crippen LogP contribution is 2.15. The second kappa shape index (κ2) is 7.94. The van der Waals surface area contributed by atoms with Crippen LogP contribution in [-0.4, -0.2) is 23.3 Å². The summed E-state index contributed by atoms with van der Waals surface area (Å²) in [5.74, 6) is -0.789. The number of Topliss-reactive ketones (excluding diaryl/α,β-unsaturated/α-hetero) is 1. The normalized spacial score (nSPS) is 11.0. The Balaban J connectivity index is 2.68. The molecule has 0 amide bonds. The molecule has 0 atom stereocenters. The van der Waals surface area contributed by atoms with Gasteiger partial charge in [0.25, 0.3) is 5.69 Å². The molecule has 112 valence electrons. The average molecular weight is 291 g/mol. The van der Waals surface area contributed by atoms with Gasteiger partial charge in [0.05, 0.1) is 4.92 Å². The maximum Gasteiger partial charge on any atom is 0.313 e. The third kappa shape index (κ3) is 5.99. The minimum absolute atomic E-state index is 0.0260. The molecule has 0 aromatic heterocycles. The molecule has 21 heavy (non-hydrogen) atoms. The zero-order valence-electron chi connectivity index (χ0n) is 12.0. The number of benzene rings is 1. The highest BCUT2D eigenvalue weighted by atomic mass is 16.6. The van der Waals surface area contributed by atoms with Crippen molar-refractivity contribution >= 4 is 23.5 Å². The second-order valence-electron chi connectivity index (χ2n) is 4.54. The summed E-state index contributed by atoms with van der Waals surface area (Å²) in [5.41, 5.74) is 1.68. The first-order valence-electron chi connectivity index (χ1n) is 6.51. The largest absolute Gasteiger partial charge is 0.461 e. The van der Waals surface area contributed by atoms with Crippen LogP contribution in [0.25, 0.3) is 6.08 Å². The fraction of sp³-hybridized carbons (Fsp3) is 0.333. The van der Waals surface area contributed by atoms with E-state index in [0.29, 0.717) is 6.42 Å². The first-order chi connectivity index (χ1) is 9.92. The Morgan fingerprint density at radius 3 is 2.38 bits per heavy atom. The number of non-ortho nitro benzene ring substituents is 1. The monoisotopic (exact) mass is 291 g/mol. The van der Waals surface area contributed by atoms with Crippen molar-refractivity contribution in [1.29, 1.82) is 0 Å². The smallest absolute Gasteiger partial charge is 0.313 e. The van der Waals surface area contributed by atoms with Gasteiger partial charge in [0, 0.05) is 12.1 Å². The van der Waals surface area contributed by atoms with Crippen molar-refractivity contribution in [1.82, 2.24) is 0 Å². The van der Waals surface area contributed by atoms with Crippen LogP contribution in [0.5, 0.6) is 0 Å². The zero-order chi connectivity index (χ0) is 15.8. The molecular formula is C15H17NO5. The van der Waals surface area contributed by atoms with Crippen LogP contribution in [0.15, 0.2) is 29.8 Å². The summed E-state index contributed by atoms with van der Waals surface area (Å²) in [6.45, 7) is 3.35. The van der Waals surface area contributed by atoms with Gasteiger partial charge >= 0.3 is 5.97 Å². The number of esters is 1. The summed E-state index contributed by atoms with van der Waals surface area (Å²) in [6, 6.07) is 6.10. The number of nitrogens with zero attached hydrogens (tertiary/aromatic N) is 1. The number of nitro groups is 1. The van der Waals surface area contributed by atoms with Crippen molar-refractivity contribution in [2.75, 3.05) is 6.61 Å². The van der Waals surface area contributed by atoms with Gasteiger partial charge in [-0.15, -0.1) is 0 Å². The van der Waals surface area contributed by atoms with E-state index in [9.17, 15) is 19.7 Å². The number of hydrogen-bond donors (Lipinski definition) is 0. The van der Waals surface area contributed by atoms with Gasteiger partial charge in [0.1, 0.15) is 18.8 Å². The molecule has 0 N–H and O–H groups in total. The van der Waals surface area contributed by atoms with Gasteiger partial charge in [-0.05, 0) is 36.6 Å². The molecule has 0 saturated heterocycles. The van der Waals surface area contributed by atoms with Gasteiger partial charge in [0.2, 0.25) is 0 Å². The van der Waals surface area contributed by atoms with Crippen LogP contribution in [0, 0.1) is 10.1 Å². The molecule has 0 unspecified atom stereocenters. The average Bonchev–Trinajstić information content (AvgIpc) is 2.43. The Labute approximate surface area is 122 Å². The molecule has 1 aromatic carbocycles. The molecule has 0 fully saturated rings. The Morgan fingerprint density at radius 1 is 1.29 bits per heavy atom. The lowest BCUT2D eigenvalue weighted by molar-refractivity contribution is -0.384. The second-order valence-corrected chi connectivity index (χ2v) is 4.54. The fourth-order valence-corrected chi connectivity index (χ4v) is 1.60. The van der Waals surface area contributed by atoms with E-state index >= 15 is 0 Å². The molecule has 6 heteroatoms. The van der Waals surface area contributed by atoms with E-state index in [0.717, 1.165) is 11.1 Å². The molecule has 6 nitrogen and oxygen atoms in total. The van der Waals surface area contributed by atoms with Gasteiger partial charge in [-0.25, -0.2) is 0 Å². The van der Waals surface area contributed by atoms with Crippen molar-refractivity contribution in [2.45, 2.75) is 26.7 Å². The van der Waals surface area contributed by atoms with E-state index < -0.39 is 10.9 Å². The number of hydrogen-bond acceptors (Lipinski definition) is 5. The zero-order valence-corrected chi connectivity index (χ0v) is 12.0. The predicted molar refractivity (Wildman–Crippen MR) is 77.6 cm³/mol. The van der Waals surface area contributed by atoms with E-state index in [1.165, 1.54) is 19.1 Å². The highest BCUT2D eigenvalue weighted by molar-refractivity contribution is 5.94. The van der Waals surface area contributed by atoms with Crippen LogP contribution in [-0.2, 0) is 14.3 Å². The summed E-state index contributed by atoms with van der Waals surface area (Å²) in [6.07, 6.45) is 2.25. The lowest BCUT2D eigenvalue weighted by atomic mass is 10.1. The SMILES string of the molecule is CC/C(=C\c1ccc([N+](=O)[O-])cc1)COC(=O)CC(C)=O. The van der Waals surface area contributed by atoms with Crippen molar-refractivity contribution in [2.24, 2.45) is 0 Å². The van der Waals surface area contributed by atoms with Crippen molar-refractivity contribution in [3.05, 3.63) is 45.5 Å². The lowest BCUT2D eigenvalue weighted by Gasteiger charge is -2.06. The maximum absolute atomic E-state index is 11.3. The van der Waals surface area contributed by atoms with Gasteiger partial charge in [0.15, 0.2) is 0 Å². The number of rotatable bonds is 7. The molecule has 0 spiro atoms. The molecule has 0 aliphatic carbocycles. The van der Waals surface area contributed by atoms with Crippen molar-refractivity contribution in [3.8, 4) is 0 Å². The predicted octanol–water partition coefficient (Wildman–Crippen LogP) is 2.91. The summed E-state index contributed by atoms with van der Waals surface area (Å²) in [7, 11) is 0. The van der Waals surface area contributed by atoms with Crippen LogP contribution < -0.4 is 0 Å². The number of ketones is 1. The molecule has 1 aromatic rings. The van der Waals surface area contributed by atoms with Gasteiger partial charge < -0.3 is 4.74 Å². The Bertz CT molecular complexity index is 560. The van der Waals surface area contributed by atoms with E-state index in [2.05, 4.69) is 0 Å². The molecule has 0 saturated carbocycles.